The van der Waals surface area contributed by atoms with Crippen LogP contribution in [-0.2, 0) is 13.1 Å². The van der Waals surface area contributed by atoms with Crippen molar-refractivity contribution >= 4 is 5.95 Å². The van der Waals surface area contributed by atoms with Crippen LogP contribution in [-0.4, -0.2) is 23.1 Å². The summed E-state index contributed by atoms with van der Waals surface area (Å²) in [5.74, 6) is 0.754. The summed E-state index contributed by atoms with van der Waals surface area (Å²) in [6.07, 6.45) is 3.78. The van der Waals surface area contributed by atoms with Crippen molar-refractivity contribution in [2.45, 2.75) is 39.9 Å². The number of benzene rings is 1. The Morgan fingerprint density at radius 3 is 2.24 bits per heavy atom. The normalized spacial score (nSPS) is 10.9. The lowest BCUT2D eigenvalue weighted by atomic mass is 10.1. The fraction of sp³-hybridized carbons (Fsp3) is 0.412. The summed E-state index contributed by atoms with van der Waals surface area (Å²) in [5, 5.41) is 3.36. The number of rotatable bonds is 6. The highest BCUT2D eigenvalue weighted by Crippen LogP contribution is 2.11. The van der Waals surface area contributed by atoms with E-state index < -0.39 is 0 Å². The van der Waals surface area contributed by atoms with Crippen molar-refractivity contribution in [1.29, 1.82) is 0 Å². The van der Waals surface area contributed by atoms with Gasteiger partial charge in [-0.1, -0.05) is 43.7 Å². The maximum Gasteiger partial charge on any atom is 0.225 e. The first-order valence-corrected chi connectivity index (χ1v) is 7.35. The summed E-state index contributed by atoms with van der Waals surface area (Å²) in [7, 11) is 2.02. The van der Waals surface area contributed by atoms with Crippen molar-refractivity contribution in [2.24, 2.45) is 0 Å². The van der Waals surface area contributed by atoms with Crippen molar-refractivity contribution in [3.8, 4) is 0 Å². The molecular weight excluding hydrogens is 260 g/mol. The summed E-state index contributed by atoms with van der Waals surface area (Å²) in [6.45, 7) is 7.97. The lowest BCUT2D eigenvalue weighted by molar-refractivity contribution is 0.586. The molecule has 0 saturated carbocycles. The zero-order valence-electron chi connectivity index (χ0n) is 13.3. The standard InChI is InChI=1S/C17H24N4/c1-13(2)18-9-16-10-19-17(20-11-16)21(4)12-15-7-5-14(3)6-8-15/h5-8,10-11,13,18H,9,12H2,1-4H3. The summed E-state index contributed by atoms with van der Waals surface area (Å²) >= 11 is 0. The summed E-state index contributed by atoms with van der Waals surface area (Å²) in [4.78, 5) is 11.0. The molecule has 0 aliphatic heterocycles. The van der Waals surface area contributed by atoms with Crippen molar-refractivity contribution < 1.29 is 0 Å². The van der Waals surface area contributed by atoms with Gasteiger partial charge < -0.3 is 10.2 Å². The lowest BCUT2D eigenvalue weighted by Gasteiger charge is -2.17. The van der Waals surface area contributed by atoms with Crippen LogP contribution in [0, 0.1) is 6.92 Å². The van der Waals surface area contributed by atoms with Crippen LogP contribution in [0.15, 0.2) is 36.7 Å². The van der Waals surface area contributed by atoms with Gasteiger partial charge in [-0.3, -0.25) is 0 Å². The minimum absolute atomic E-state index is 0.467. The monoisotopic (exact) mass is 284 g/mol. The topological polar surface area (TPSA) is 41.1 Å². The number of hydrogen-bond acceptors (Lipinski definition) is 4. The van der Waals surface area contributed by atoms with Crippen molar-refractivity contribution in [2.75, 3.05) is 11.9 Å². The van der Waals surface area contributed by atoms with Gasteiger partial charge in [-0.05, 0) is 12.5 Å². The molecule has 0 aliphatic rings. The molecule has 1 aromatic carbocycles. The summed E-state index contributed by atoms with van der Waals surface area (Å²) in [6, 6.07) is 9.02. The molecule has 0 amide bonds. The van der Waals surface area contributed by atoms with Gasteiger partial charge in [0.25, 0.3) is 0 Å². The van der Waals surface area contributed by atoms with Crippen LogP contribution in [0.3, 0.4) is 0 Å². The Hall–Kier alpha value is -1.94. The molecule has 0 unspecified atom stereocenters. The molecule has 0 radical (unpaired) electrons. The lowest BCUT2D eigenvalue weighted by Crippen LogP contribution is -2.23. The third-order valence-electron chi connectivity index (χ3n) is 3.29. The number of anilines is 1. The molecule has 1 aromatic heterocycles. The van der Waals surface area contributed by atoms with Gasteiger partial charge in [0.1, 0.15) is 0 Å². The Balaban J connectivity index is 1.96. The fourth-order valence-corrected chi connectivity index (χ4v) is 2.00. The largest absolute Gasteiger partial charge is 0.340 e. The maximum absolute atomic E-state index is 4.45. The van der Waals surface area contributed by atoms with Crippen LogP contribution in [0.5, 0.6) is 0 Å². The number of hydrogen-bond donors (Lipinski definition) is 1. The molecule has 2 aromatic rings. The molecule has 1 heterocycles. The molecule has 112 valence electrons. The molecule has 0 saturated heterocycles. The molecular formula is C17H24N4. The second-order valence-corrected chi connectivity index (χ2v) is 5.77. The maximum atomic E-state index is 4.45. The molecule has 4 nitrogen and oxygen atoms in total. The Morgan fingerprint density at radius 1 is 1.05 bits per heavy atom. The Labute approximate surface area is 127 Å². The Morgan fingerprint density at radius 2 is 1.67 bits per heavy atom. The van der Waals surface area contributed by atoms with Gasteiger partial charge in [0, 0.05) is 44.1 Å². The van der Waals surface area contributed by atoms with E-state index in [0.717, 1.165) is 24.6 Å². The van der Waals surface area contributed by atoms with E-state index in [0.29, 0.717) is 6.04 Å². The van der Waals surface area contributed by atoms with Gasteiger partial charge in [0.15, 0.2) is 0 Å². The minimum atomic E-state index is 0.467. The molecule has 0 fully saturated rings. The smallest absolute Gasteiger partial charge is 0.225 e. The van der Waals surface area contributed by atoms with Gasteiger partial charge >= 0.3 is 0 Å². The van der Waals surface area contributed by atoms with Crippen LogP contribution in [0.25, 0.3) is 0 Å². The number of nitrogens with one attached hydrogen (secondary N) is 1. The first-order chi connectivity index (χ1) is 10.0. The van der Waals surface area contributed by atoms with E-state index in [1.165, 1.54) is 11.1 Å². The van der Waals surface area contributed by atoms with Crippen molar-refractivity contribution in [3.63, 3.8) is 0 Å². The van der Waals surface area contributed by atoms with Crippen LogP contribution >= 0.6 is 0 Å². The minimum Gasteiger partial charge on any atom is -0.340 e. The van der Waals surface area contributed by atoms with Crippen molar-refractivity contribution in [3.05, 3.63) is 53.3 Å². The first-order valence-electron chi connectivity index (χ1n) is 7.35. The van der Waals surface area contributed by atoms with Gasteiger partial charge in [-0.2, -0.15) is 0 Å². The molecule has 0 bridgehead atoms. The second-order valence-electron chi connectivity index (χ2n) is 5.77. The average molecular weight is 284 g/mol. The second kappa shape index (κ2) is 7.18. The third kappa shape index (κ3) is 4.83. The highest BCUT2D eigenvalue weighted by atomic mass is 15.2. The van der Waals surface area contributed by atoms with E-state index in [-0.39, 0.29) is 0 Å². The highest BCUT2D eigenvalue weighted by molar-refractivity contribution is 5.32. The van der Waals surface area contributed by atoms with Crippen molar-refractivity contribution in [1.82, 2.24) is 15.3 Å². The van der Waals surface area contributed by atoms with E-state index in [2.05, 4.69) is 65.2 Å². The Bertz CT molecular complexity index is 546. The first kappa shape index (κ1) is 15.4. The van der Waals surface area contributed by atoms with E-state index in [9.17, 15) is 0 Å². The molecule has 21 heavy (non-hydrogen) atoms. The van der Waals surface area contributed by atoms with Crippen LogP contribution < -0.4 is 10.2 Å². The molecule has 1 N–H and O–H groups in total. The predicted octanol–water partition coefficient (Wildman–Crippen LogP) is 2.92. The summed E-state index contributed by atoms with van der Waals surface area (Å²) < 4.78 is 0. The van der Waals surface area contributed by atoms with Crippen LogP contribution in [0.2, 0.25) is 0 Å². The number of aromatic nitrogens is 2. The third-order valence-corrected chi connectivity index (χ3v) is 3.29. The fourth-order valence-electron chi connectivity index (χ4n) is 2.00. The van der Waals surface area contributed by atoms with Gasteiger partial charge in [-0.25, -0.2) is 9.97 Å². The van der Waals surface area contributed by atoms with E-state index in [1.807, 2.05) is 19.4 Å². The van der Waals surface area contributed by atoms with E-state index in [4.69, 9.17) is 0 Å². The van der Waals surface area contributed by atoms with Crippen LogP contribution in [0.1, 0.15) is 30.5 Å². The predicted molar refractivity (Wildman–Crippen MR) is 87.3 cm³/mol. The quantitative estimate of drug-likeness (QED) is 0.885. The average Bonchev–Trinajstić information content (AvgIpc) is 2.48. The zero-order chi connectivity index (χ0) is 15.2. The van der Waals surface area contributed by atoms with Gasteiger partial charge in [0.2, 0.25) is 5.95 Å². The Kier molecular flexibility index (Phi) is 5.28. The molecule has 2 rings (SSSR count). The SMILES string of the molecule is Cc1ccc(CN(C)c2ncc(CNC(C)C)cn2)cc1. The van der Waals surface area contributed by atoms with E-state index in [1.54, 1.807) is 0 Å². The molecule has 0 spiro atoms. The molecule has 0 atom stereocenters. The summed E-state index contributed by atoms with van der Waals surface area (Å²) in [5.41, 5.74) is 3.65. The number of aryl methyl sites for hydroxylation is 1. The molecule has 4 heteroatoms. The van der Waals surface area contributed by atoms with Crippen LogP contribution in [0.4, 0.5) is 5.95 Å². The highest BCUT2D eigenvalue weighted by Gasteiger charge is 2.05. The molecule has 0 aliphatic carbocycles. The van der Waals surface area contributed by atoms with E-state index >= 15 is 0 Å². The zero-order valence-corrected chi connectivity index (χ0v) is 13.3. The van der Waals surface area contributed by atoms with Gasteiger partial charge in [0.05, 0.1) is 0 Å². The van der Waals surface area contributed by atoms with Gasteiger partial charge in [-0.15, -0.1) is 0 Å². The number of nitrogens with zero attached hydrogens (tertiary/aromatic N) is 3.